The van der Waals surface area contributed by atoms with Gasteiger partial charge in [0.25, 0.3) is 0 Å². The van der Waals surface area contributed by atoms with E-state index in [1.54, 1.807) is 0 Å². The Kier molecular flexibility index (Phi) is 6.30. The van der Waals surface area contributed by atoms with Crippen LogP contribution in [0, 0.1) is 0 Å². The second kappa shape index (κ2) is 8.31. The molecule has 30 heavy (non-hydrogen) atoms. The summed E-state index contributed by atoms with van der Waals surface area (Å²) in [5.74, 6) is 0.926. The second-order valence-electron chi connectivity index (χ2n) is 11.0. The number of nitrogens with zero attached hydrogens (tertiary/aromatic N) is 3. The molecule has 0 aromatic carbocycles. The van der Waals surface area contributed by atoms with E-state index in [-0.39, 0.29) is 28.7 Å². The van der Waals surface area contributed by atoms with Gasteiger partial charge in [0, 0.05) is 41.8 Å². The maximum atomic E-state index is 6.11. The van der Waals surface area contributed by atoms with Gasteiger partial charge < -0.3 is 21.3 Å². The molecule has 166 valence electrons. The topological polar surface area (TPSA) is 78.6 Å². The van der Waals surface area contributed by atoms with Gasteiger partial charge in [0.1, 0.15) is 0 Å². The van der Waals surface area contributed by atoms with E-state index >= 15 is 0 Å². The summed E-state index contributed by atoms with van der Waals surface area (Å²) in [6, 6.07) is 4.71. The quantitative estimate of drug-likeness (QED) is 0.690. The molecule has 1 saturated heterocycles. The van der Waals surface area contributed by atoms with Gasteiger partial charge >= 0.3 is 0 Å². The van der Waals surface area contributed by atoms with Crippen LogP contribution in [0.1, 0.15) is 78.1 Å². The number of guanidine groups is 1. The molecule has 0 spiro atoms. The monoisotopic (exact) mass is 412 g/mol. The molecule has 3 heterocycles. The number of nitrogens with one attached hydrogen (secondary N) is 2. The van der Waals surface area contributed by atoms with Crippen molar-refractivity contribution in [2.75, 3.05) is 7.05 Å². The number of aryl methyl sites for hydroxylation is 1. The molecular formula is C24H40N6. The minimum atomic E-state index is -0.165. The number of piperidine rings is 1. The van der Waals surface area contributed by atoms with Crippen molar-refractivity contribution in [1.29, 1.82) is 0 Å². The Labute approximate surface area is 182 Å². The van der Waals surface area contributed by atoms with Crippen molar-refractivity contribution in [1.82, 2.24) is 20.5 Å². The number of hydrogen-bond donors (Lipinski definition) is 3. The zero-order chi connectivity index (χ0) is 22.2. The molecule has 0 saturated carbocycles. The molecule has 0 aliphatic carbocycles. The SMILES string of the molecule is CN1C(=NC2CC(C)(C)NC(C)(C)C2)NC=CC1c1ccc(CCC(C)(C)N)nc1. The summed E-state index contributed by atoms with van der Waals surface area (Å²) < 4.78 is 0. The lowest BCUT2D eigenvalue weighted by molar-refractivity contribution is 0.163. The molecule has 1 aromatic heterocycles. The van der Waals surface area contributed by atoms with Gasteiger partial charge in [-0.15, -0.1) is 0 Å². The van der Waals surface area contributed by atoms with Crippen molar-refractivity contribution in [2.45, 2.75) is 95.9 Å². The van der Waals surface area contributed by atoms with Gasteiger partial charge in [-0.25, -0.2) is 4.99 Å². The molecule has 2 aliphatic rings. The Morgan fingerprint density at radius 1 is 1.20 bits per heavy atom. The van der Waals surface area contributed by atoms with Gasteiger partial charge in [-0.05, 0) is 84.9 Å². The highest BCUT2D eigenvalue weighted by atomic mass is 15.3. The number of rotatable bonds is 5. The molecule has 0 bridgehead atoms. The summed E-state index contributed by atoms with van der Waals surface area (Å²) in [4.78, 5) is 12.0. The summed E-state index contributed by atoms with van der Waals surface area (Å²) >= 11 is 0. The van der Waals surface area contributed by atoms with Crippen molar-refractivity contribution in [3.05, 3.63) is 41.9 Å². The Balaban J connectivity index is 1.72. The van der Waals surface area contributed by atoms with Crippen molar-refractivity contribution in [3.63, 3.8) is 0 Å². The van der Waals surface area contributed by atoms with Gasteiger partial charge in [-0.3, -0.25) is 4.98 Å². The molecule has 3 rings (SSSR count). The van der Waals surface area contributed by atoms with Crippen LogP contribution in [0.2, 0.25) is 0 Å². The van der Waals surface area contributed by atoms with E-state index in [0.717, 1.165) is 37.3 Å². The Morgan fingerprint density at radius 3 is 2.43 bits per heavy atom. The van der Waals surface area contributed by atoms with Crippen LogP contribution in [0.15, 0.2) is 35.6 Å². The minimum Gasteiger partial charge on any atom is -0.335 e. The van der Waals surface area contributed by atoms with Gasteiger partial charge in [0.05, 0.1) is 12.1 Å². The number of nitrogens with two attached hydrogens (primary N) is 1. The van der Waals surface area contributed by atoms with E-state index in [9.17, 15) is 0 Å². The Hall–Kier alpha value is -1.92. The number of aliphatic imine (C=N–C) groups is 1. The minimum absolute atomic E-state index is 0.0802. The molecule has 1 atom stereocenters. The lowest BCUT2D eigenvalue weighted by Gasteiger charge is -2.45. The van der Waals surface area contributed by atoms with Crippen LogP contribution in [0.5, 0.6) is 0 Å². The van der Waals surface area contributed by atoms with Crippen LogP contribution < -0.4 is 16.4 Å². The fourth-order valence-corrected chi connectivity index (χ4v) is 4.78. The molecular weight excluding hydrogens is 372 g/mol. The second-order valence-corrected chi connectivity index (χ2v) is 11.0. The predicted molar refractivity (Wildman–Crippen MR) is 125 cm³/mol. The first-order chi connectivity index (χ1) is 13.8. The highest BCUT2D eigenvalue weighted by Gasteiger charge is 2.38. The van der Waals surface area contributed by atoms with E-state index in [0.29, 0.717) is 0 Å². The molecule has 1 unspecified atom stereocenters. The highest BCUT2D eigenvalue weighted by molar-refractivity contribution is 5.82. The van der Waals surface area contributed by atoms with Gasteiger partial charge in [-0.2, -0.15) is 0 Å². The number of hydrogen-bond acceptors (Lipinski definition) is 4. The molecule has 0 amide bonds. The van der Waals surface area contributed by atoms with E-state index in [4.69, 9.17) is 10.7 Å². The standard InChI is InChI=1S/C24H40N6/c1-22(2,25)12-10-18-9-8-17(16-27-18)20-11-13-26-21(30(20)7)28-19-14-23(3,4)29-24(5,6)15-19/h8-9,11,13,16,19-20,29H,10,12,14-15,25H2,1-7H3,(H,26,28). The highest BCUT2D eigenvalue weighted by Crippen LogP contribution is 2.31. The predicted octanol–water partition coefficient (Wildman–Crippen LogP) is 3.51. The lowest BCUT2D eigenvalue weighted by atomic mass is 9.80. The zero-order valence-corrected chi connectivity index (χ0v) is 19.8. The third kappa shape index (κ3) is 6.05. The molecule has 2 aliphatic heterocycles. The summed E-state index contributed by atoms with van der Waals surface area (Å²) in [5, 5.41) is 7.10. The normalized spacial score (nSPS) is 25.4. The average molecular weight is 413 g/mol. The van der Waals surface area contributed by atoms with Crippen molar-refractivity contribution < 1.29 is 0 Å². The Morgan fingerprint density at radius 2 is 1.87 bits per heavy atom. The van der Waals surface area contributed by atoms with Crippen LogP contribution in [0.4, 0.5) is 0 Å². The maximum Gasteiger partial charge on any atom is 0.198 e. The molecule has 1 fully saturated rings. The average Bonchev–Trinajstić information content (AvgIpc) is 2.59. The fourth-order valence-electron chi connectivity index (χ4n) is 4.78. The van der Waals surface area contributed by atoms with Crippen LogP contribution >= 0.6 is 0 Å². The molecule has 4 N–H and O–H groups in total. The van der Waals surface area contributed by atoms with Crippen LogP contribution in [0.25, 0.3) is 0 Å². The first-order valence-corrected chi connectivity index (χ1v) is 11.1. The third-order valence-corrected chi connectivity index (χ3v) is 5.93. The van der Waals surface area contributed by atoms with E-state index in [1.807, 2.05) is 12.4 Å². The van der Waals surface area contributed by atoms with Crippen LogP contribution in [-0.2, 0) is 6.42 Å². The van der Waals surface area contributed by atoms with E-state index in [1.165, 1.54) is 5.56 Å². The van der Waals surface area contributed by atoms with Crippen molar-refractivity contribution in [3.8, 4) is 0 Å². The maximum absolute atomic E-state index is 6.11. The zero-order valence-electron chi connectivity index (χ0n) is 19.8. The summed E-state index contributed by atoms with van der Waals surface area (Å²) in [6.45, 7) is 13.2. The molecule has 0 radical (unpaired) electrons. The van der Waals surface area contributed by atoms with Crippen LogP contribution in [0.3, 0.4) is 0 Å². The van der Waals surface area contributed by atoms with E-state index in [2.05, 4.69) is 87.3 Å². The Bertz CT molecular complexity index is 769. The van der Waals surface area contributed by atoms with Gasteiger partial charge in [-0.1, -0.05) is 6.07 Å². The summed E-state index contributed by atoms with van der Waals surface area (Å²) in [5.41, 5.74) is 8.36. The lowest BCUT2D eigenvalue weighted by Crippen LogP contribution is -2.59. The molecule has 6 nitrogen and oxygen atoms in total. The van der Waals surface area contributed by atoms with Crippen molar-refractivity contribution >= 4 is 5.96 Å². The largest absolute Gasteiger partial charge is 0.335 e. The first kappa shape index (κ1) is 22.8. The summed E-state index contributed by atoms with van der Waals surface area (Å²) in [7, 11) is 2.10. The smallest absolute Gasteiger partial charge is 0.198 e. The van der Waals surface area contributed by atoms with E-state index < -0.39 is 0 Å². The molecule has 6 heteroatoms. The van der Waals surface area contributed by atoms with Gasteiger partial charge in [0.15, 0.2) is 5.96 Å². The summed E-state index contributed by atoms with van der Waals surface area (Å²) in [6.07, 6.45) is 10.0. The number of aromatic nitrogens is 1. The number of likely N-dealkylation sites (N-methyl/N-ethyl adjacent to an activating group) is 1. The third-order valence-electron chi connectivity index (χ3n) is 5.93. The van der Waals surface area contributed by atoms with Crippen molar-refractivity contribution in [2.24, 2.45) is 10.7 Å². The van der Waals surface area contributed by atoms with Gasteiger partial charge in [0.2, 0.25) is 0 Å². The first-order valence-electron chi connectivity index (χ1n) is 11.1. The fraction of sp³-hybridized carbons (Fsp3) is 0.667. The van der Waals surface area contributed by atoms with Crippen LogP contribution in [-0.4, -0.2) is 45.5 Å². The molecule has 1 aromatic rings. The number of pyridine rings is 1.